The normalized spacial score (nSPS) is 11.2. The molecule has 0 amide bonds. The fraction of sp³-hybridized carbons (Fsp3) is 0.0256. The van der Waals surface area contributed by atoms with Crippen LogP contribution in [-0.2, 0) is 0 Å². The van der Waals surface area contributed by atoms with Gasteiger partial charge < -0.3 is 0 Å². The number of benzene rings is 7. The van der Waals surface area contributed by atoms with E-state index >= 15 is 0 Å². The molecule has 0 radical (unpaired) electrons. The summed E-state index contributed by atoms with van der Waals surface area (Å²) in [6.07, 6.45) is 0. The molecule has 0 spiro atoms. The molecule has 0 heterocycles. The van der Waals surface area contributed by atoms with E-state index in [-0.39, 0.29) is 0 Å². The van der Waals surface area contributed by atoms with Crippen LogP contribution in [0.3, 0.4) is 0 Å². The molecule has 0 heteroatoms. The lowest BCUT2D eigenvalue weighted by Crippen LogP contribution is -1.91. The van der Waals surface area contributed by atoms with Crippen molar-refractivity contribution in [3.05, 3.63) is 157 Å². The van der Waals surface area contributed by atoms with Gasteiger partial charge in [-0.3, -0.25) is 0 Å². The molecule has 0 unspecified atom stereocenters. The third-order valence-electron chi connectivity index (χ3n) is 7.75. The van der Waals surface area contributed by atoms with E-state index in [2.05, 4.69) is 159 Å². The molecule has 0 N–H and O–H groups in total. The maximum absolute atomic E-state index is 2.38. The number of hydrogen-bond acceptors (Lipinski definition) is 0. The Morgan fingerprint density at radius 2 is 0.897 bits per heavy atom. The molecule has 7 aromatic carbocycles. The predicted octanol–water partition coefficient (Wildman–Crippen LogP) is 11.0. The second kappa shape index (κ2) is 9.74. The van der Waals surface area contributed by atoms with Crippen molar-refractivity contribution in [1.29, 1.82) is 0 Å². The lowest BCUT2D eigenvalue weighted by Gasteiger charge is -2.17. The maximum Gasteiger partial charge on any atom is -0.00923 e. The first kappa shape index (κ1) is 23.2. The van der Waals surface area contributed by atoms with Crippen LogP contribution in [0.25, 0.3) is 66.1 Å². The number of rotatable bonds is 4. The zero-order chi connectivity index (χ0) is 26.2. The van der Waals surface area contributed by atoms with Gasteiger partial charge in [-0.05, 0) is 91.2 Å². The van der Waals surface area contributed by atoms with E-state index in [9.17, 15) is 0 Å². The zero-order valence-corrected chi connectivity index (χ0v) is 21.9. The first-order chi connectivity index (χ1) is 19.2. The first-order valence-corrected chi connectivity index (χ1v) is 13.5. The second-order valence-corrected chi connectivity index (χ2v) is 10.3. The van der Waals surface area contributed by atoms with Crippen LogP contribution in [0.15, 0.2) is 152 Å². The second-order valence-electron chi connectivity index (χ2n) is 10.3. The molecule has 39 heavy (non-hydrogen) atoms. The van der Waals surface area contributed by atoms with Crippen LogP contribution in [-0.4, -0.2) is 0 Å². The summed E-state index contributed by atoms with van der Waals surface area (Å²) in [5, 5.41) is 5.09. The molecule has 0 atom stereocenters. The van der Waals surface area contributed by atoms with Gasteiger partial charge in [0.2, 0.25) is 0 Å². The maximum atomic E-state index is 2.38. The van der Waals surface area contributed by atoms with Crippen LogP contribution in [0.1, 0.15) is 5.56 Å². The topological polar surface area (TPSA) is 0 Å². The monoisotopic (exact) mass is 496 g/mol. The molecular weight excluding hydrogens is 468 g/mol. The fourth-order valence-electron chi connectivity index (χ4n) is 5.70. The van der Waals surface area contributed by atoms with E-state index in [1.165, 1.54) is 71.6 Å². The van der Waals surface area contributed by atoms with Crippen molar-refractivity contribution in [1.82, 2.24) is 0 Å². The van der Waals surface area contributed by atoms with Crippen LogP contribution >= 0.6 is 0 Å². The van der Waals surface area contributed by atoms with Crippen molar-refractivity contribution in [2.75, 3.05) is 0 Å². The Morgan fingerprint density at radius 1 is 0.308 bits per heavy atom. The molecule has 0 aromatic heterocycles. The van der Waals surface area contributed by atoms with Crippen LogP contribution in [0.2, 0.25) is 0 Å². The minimum Gasteiger partial charge on any atom is -0.0622 e. The quantitative estimate of drug-likeness (QED) is 0.213. The lowest BCUT2D eigenvalue weighted by atomic mass is 9.86. The molecule has 0 aliphatic rings. The van der Waals surface area contributed by atoms with Crippen LogP contribution in [0.4, 0.5) is 0 Å². The van der Waals surface area contributed by atoms with Gasteiger partial charge in [-0.1, -0.05) is 139 Å². The van der Waals surface area contributed by atoms with Gasteiger partial charge in [-0.25, -0.2) is 0 Å². The Kier molecular flexibility index (Phi) is 5.79. The highest BCUT2D eigenvalue weighted by molar-refractivity contribution is 6.16. The molecule has 0 aliphatic carbocycles. The number of hydrogen-bond donors (Lipinski definition) is 0. The average Bonchev–Trinajstić information content (AvgIpc) is 3.01. The molecule has 0 saturated carbocycles. The van der Waals surface area contributed by atoms with Crippen molar-refractivity contribution in [2.45, 2.75) is 6.92 Å². The van der Waals surface area contributed by atoms with Crippen LogP contribution < -0.4 is 0 Å². The number of aryl methyl sites for hydroxylation is 1. The predicted molar refractivity (Wildman–Crippen MR) is 168 cm³/mol. The average molecular weight is 497 g/mol. The number of fused-ring (bicyclic) bond motifs is 3. The van der Waals surface area contributed by atoms with Gasteiger partial charge >= 0.3 is 0 Å². The summed E-state index contributed by atoms with van der Waals surface area (Å²) in [6, 6.07) is 55.3. The third-order valence-corrected chi connectivity index (χ3v) is 7.75. The highest BCUT2D eigenvalue weighted by Gasteiger charge is 2.15. The van der Waals surface area contributed by atoms with E-state index in [4.69, 9.17) is 0 Å². The molecule has 184 valence electrons. The van der Waals surface area contributed by atoms with E-state index in [1.807, 2.05) is 0 Å². The Morgan fingerprint density at radius 3 is 1.67 bits per heavy atom. The molecule has 0 nitrogen and oxygen atoms in total. The van der Waals surface area contributed by atoms with Crippen LogP contribution in [0, 0.1) is 6.92 Å². The summed E-state index contributed by atoms with van der Waals surface area (Å²) in [7, 11) is 0. The first-order valence-electron chi connectivity index (χ1n) is 13.5. The minimum atomic E-state index is 1.22. The highest BCUT2D eigenvalue weighted by Crippen LogP contribution is 2.42. The minimum absolute atomic E-state index is 1.22. The van der Waals surface area contributed by atoms with Gasteiger partial charge in [-0.2, -0.15) is 0 Å². The van der Waals surface area contributed by atoms with E-state index in [1.54, 1.807) is 0 Å². The summed E-state index contributed by atoms with van der Waals surface area (Å²) >= 11 is 0. The van der Waals surface area contributed by atoms with Crippen molar-refractivity contribution in [3.63, 3.8) is 0 Å². The van der Waals surface area contributed by atoms with E-state index in [0.29, 0.717) is 0 Å². The fourth-order valence-corrected chi connectivity index (χ4v) is 5.70. The molecule has 0 aliphatic heterocycles. The summed E-state index contributed by atoms with van der Waals surface area (Å²) < 4.78 is 0. The van der Waals surface area contributed by atoms with Crippen molar-refractivity contribution < 1.29 is 0 Å². The van der Waals surface area contributed by atoms with Crippen molar-refractivity contribution in [2.24, 2.45) is 0 Å². The Labute approximate surface area is 229 Å². The highest BCUT2D eigenvalue weighted by atomic mass is 14.2. The summed E-state index contributed by atoms with van der Waals surface area (Å²) in [5.74, 6) is 0. The summed E-state index contributed by atoms with van der Waals surface area (Å²) in [4.78, 5) is 0. The Bertz CT molecular complexity index is 1930. The Hall–Kier alpha value is -4.94. The van der Waals surface area contributed by atoms with Crippen LogP contribution in [0.5, 0.6) is 0 Å². The summed E-state index contributed by atoms with van der Waals surface area (Å²) in [6.45, 7) is 2.14. The SMILES string of the molecule is Cc1ccc(-c2ccc3c(c2)c(-c2cc(-c4ccccc4)ccc2-c2ccccc2)cc2ccccc23)cc1. The van der Waals surface area contributed by atoms with E-state index < -0.39 is 0 Å². The molecule has 7 rings (SSSR count). The standard InChI is InChI=1S/C39H28/c1-27-16-18-29(19-17-27)32-21-23-36-34-15-9-8-14-33(34)26-39(38(36)25-32)37-24-31(28-10-4-2-5-11-28)20-22-35(37)30-12-6-3-7-13-30/h2-26H,1H3. The van der Waals surface area contributed by atoms with Gasteiger partial charge in [0.1, 0.15) is 0 Å². The third kappa shape index (κ3) is 4.31. The molecule has 0 fully saturated rings. The smallest absolute Gasteiger partial charge is 0.00923 e. The van der Waals surface area contributed by atoms with Gasteiger partial charge in [0, 0.05) is 0 Å². The van der Waals surface area contributed by atoms with Crippen molar-refractivity contribution >= 4 is 21.5 Å². The zero-order valence-electron chi connectivity index (χ0n) is 21.9. The molecule has 0 saturated heterocycles. The Balaban J connectivity index is 1.56. The largest absolute Gasteiger partial charge is 0.0622 e. The van der Waals surface area contributed by atoms with Gasteiger partial charge in [0.15, 0.2) is 0 Å². The molecule has 7 aromatic rings. The van der Waals surface area contributed by atoms with E-state index in [0.717, 1.165) is 0 Å². The lowest BCUT2D eigenvalue weighted by molar-refractivity contribution is 1.47. The van der Waals surface area contributed by atoms with Crippen molar-refractivity contribution in [3.8, 4) is 44.5 Å². The molecule has 0 bridgehead atoms. The summed E-state index contributed by atoms with van der Waals surface area (Å²) in [5.41, 5.74) is 11.2. The van der Waals surface area contributed by atoms with Gasteiger partial charge in [0.25, 0.3) is 0 Å². The van der Waals surface area contributed by atoms with Gasteiger partial charge in [-0.15, -0.1) is 0 Å². The van der Waals surface area contributed by atoms with Gasteiger partial charge in [0.05, 0.1) is 0 Å². The molecular formula is C39H28.